The summed E-state index contributed by atoms with van der Waals surface area (Å²) >= 11 is 0. The summed E-state index contributed by atoms with van der Waals surface area (Å²) in [5, 5.41) is 10.3. The molecule has 0 saturated carbocycles. The molecule has 1 aliphatic heterocycles. The highest BCUT2D eigenvalue weighted by atomic mass is 19.4. The molecule has 1 aromatic carbocycles. The highest BCUT2D eigenvalue weighted by molar-refractivity contribution is 5.95. The molecule has 1 aliphatic rings. The molecule has 31 heavy (non-hydrogen) atoms. The first-order chi connectivity index (χ1) is 14.7. The Morgan fingerprint density at radius 1 is 1.16 bits per heavy atom. The number of aliphatic hydroxyl groups is 1. The molecule has 6 nitrogen and oxygen atoms in total. The molecule has 1 fully saturated rings. The van der Waals surface area contributed by atoms with Gasteiger partial charge in [-0.25, -0.2) is 14.4 Å². The van der Waals surface area contributed by atoms with Crippen LogP contribution in [0.2, 0.25) is 0 Å². The quantitative estimate of drug-likeness (QED) is 0.630. The molecule has 10 heteroatoms. The van der Waals surface area contributed by atoms with Gasteiger partial charge in [0, 0.05) is 30.7 Å². The van der Waals surface area contributed by atoms with E-state index >= 15 is 0 Å². The number of aromatic nitrogens is 2. The first kappa shape index (κ1) is 21.0. The predicted octanol–water partition coefficient (Wildman–Crippen LogP) is 3.99. The number of carbonyl (C=O) groups is 1. The van der Waals surface area contributed by atoms with Crippen molar-refractivity contribution < 1.29 is 32.2 Å². The fraction of sp³-hybridized carbons (Fsp3) is 0.286. The molecule has 1 saturated heterocycles. The van der Waals surface area contributed by atoms with Gasteiger partial charge in [0.1, 0.15) is 23.7 Å². The Morgan fingerprint density at radius 2 is 1.97 bits per heavy atom. The average molecular weight is 435 g/mol. The summed E-state index contributed by atoms with van der Waals surface area (Å²) in [7, 11) is 0. The highest BCUT2D eigenvalue weighted by Crippen LogP contribution is 2.30. The van der Waals surface area contributed by atoms with E-state index in [-0.39, 0.29) is 31.1 Å². The van der Waals surface area contributed by atoms with Crippen LogP contribution in [0.3, 0.4) is 0 Å². The molecule has 1 N–H and O–H groups in total. The van der Waals surface area contributed by atoms with E-state index in [1.165, 1.54) is 11.0 Å². The number of likely N-dealkylation sites (tertiary alicyclic amines) is 1. The second-order valence-corrected chi connectivity index (χ2v) is 7.16. The number of ether oxygens (including phenoxy) is 1. The van der Waals surface area contributed by atoms with Gasteiger partial charge in [-0.3, -0.25) is 4.79 Å². The summed E-state index contributed by atoms with van der Waals surface area (Å²) in [6.45, 7) is 0.107. The maximum Gasteiger partial charge on any atom is 0.417 e. The number of aliphatic hydroxyl groups excluding tert-OH is 1. The van der Waals surface area contributed by atoms with Gasteiger partial charge >= 0.3 is 6.18 Å². The molecule has 4 rings (SSSR count). The zero-order valence-electron chi connectivity index (χ0n) is 16.0. The number of halogens is 4. The van der Waals surface area contributed by atoms with Crippen LogP contribution in [0.4, 0.5) is 17.6 Å². The Morgan fingerprint density at radius 3 is 2.65 bits per heavy atom. The zero-order valence-corrected chi connectivity index (χ0v) is 16.0. The van der Waals surface area contributed by atoms with Crippen LogP contribution in [-0.4, -0.2) is 51.2 Å². The van der Waals surface area contributed by atoms with Gasteiger partial charge in [-0.15, -0.1) is 0 Å². The number of hydrogen-bond donors (Lipinski definition) is 1. The standard InChI is InChI=1S/C21H17F4N3O3/c22-15-7-8-28(11-18(15)29)20(30)17-4-1-12-9-14(3-5-16(12)27-17)31-19-6-2-13(10-26-19)21(23,24)25/h1-6,9-10,15,18,29H,7-8,11H2/t15-,18+/m0/s1. The van der Waals surface area contributed by atoms with Crippen molar-refractivity contribution in [3.05, 3.63) is 59.9 Å². The molecule has 0 bridgehead atoms. The summed E-state index contributed by atoms with van der Waals surface area (Å²) in [4.78, 5) is 22.0. The van der Waals surface area contributed by atoms with Gasteiger partial charge < -0.3 is 14.7 Å². The normalized spacial score (nSPS) is 19.5. The second-order valence-electron chi connectivity index (χ2n) is 7.16. The summed E-state index contributed by atoms with van der Waals surface area (Å²) in [5.74, 6) is -0.0576. The average Bonchev–Trinajstić information content (AvgIpc) is 2.74. The lowest BCUT2D eigenvalue weighted by molar-refractivity contribution is -0.137. The number of piperidine rings is 1. The van der Waals surface area contributed by atoms with E-state index in [9.17, 15) is 27.5 Å². The maximum absolute atomic E-state index is 13.4. The van der Waals surface area contributed by atoms with E-state index < -0.39 is 29.9 Å². The Hall–Kier alpha value is -3.27. The van der Waals surface area contributed by atoms with Gasteiger partial charge in [0.2, 0.25) is 5.88 Å². The number of carbonyl (C=O) groups excluding carboxylic acids is 1. The van der Waals surface area contributed by atoms with E-state index in [0.717, 1.165) is 12.1 Å². The van der Waals surface area contributed by atoms with E-state index in [4.69, 9.17) is 4.74 Å². The predicted molar refractivity (Wildman–Crippen MR) is 102 cm³/mol. The molecule has 0 unspecified atom stereocenters. The van der Waals surface area contributed by atoms with E-state index in [0.29, 0.717) is 22.8 Å². The van der Waals surface area contributed by atoms with E-state index in [2.05, 4.69) is 9.97 Å². The largest absolute Gasteiger partial charge is 0.439 e. The number of nitrogens with zero attached hydrogens (tertiary/aromatic N) is 3. The second kappa shape index (κ2) is 8.10. The third-order valence-corrected chi connectivity index (χ3v) is 4.95. The lowest BCUT2D eigenvalue weighted by atomic mass is 10.1. The molecule has 0 spiro atoms. The first-order valence-electron chi connectivity index (χ1n) is 9.44. The van der Waals surface area contributed by atoms with E-state index in [1.54, 1.807) is 24.3 Å². The minimum Gasteiger partial charge on any atom is -0.439 e. The third kappa shape index (κ3) is 4.58. The summed E-state index contributed by atoms with van der Waals surface area (Å²) < 4.78 is 56.8. The van der Waals surface area contributed by atoms with Crippen LogP contribution < -0.4 is 4.74 Å². The monoisotopic (exact) mass is 435 g/mol. The SMILES string of the molecule is O=C(c1ccc2cc(Oc3ccc(C(F)(F)F)cn3)ccc2n1)N1CC[C@H](F)[C@H](O)C1. The smallest absolute Gasteiger partial charge is 0.417 e. The van der Waals surface area contributed by atoms with Crippen LogP contribution >= 0.6 is 0 Å². The van der Waals surface area contributed by atoms with Crippen molar-refractivity contribution >= 4 is 16.8 Å². The van der Waals surface area contributed by atoms with Gasteiger partial charge in [-0.1, -0.05) is 6.07 Å². The minimum atomic E-state index is -4.48. The lowest BCUT2D eigenvalue weighted by Gasteiger charge is -2.32. The Bertz CT molecular complexity index is 1110. The first-order valence-corrected chi connectivity index (χ1v) is 9.44. The number of pyridine rings is 2. The summed E-state index contributed by atoms with van der Waals surface area (Å²) in [6, 6.07) is 9.96. The van der Waals surface area contributed by atoms with Crippen molar-refractivity contribution in [1.82, 2.24) is 14.9 Å². The Kier molecular flexibility index (Phi) is 5.48. The molecular formula is C21H17F4N3O3. The summed E-state index contributed by atoms with van der Waals surface area (Å²) in [5.41, 5.74) is -0.211. The number of β-amino-alcohol motifs (C(OH)–C–C–N with tert-alkyl or cyclic N) is 1. The molecular weight excluding hydrogens is 418 g/mol. The van der Waals surface area contributed by atoms with Crippen molar-refractivity contribution in [3.8, 4) is 11.6 Å². The summed E-state index contributed by atoms with van der Waals surface area (Å²) in [6.07, 6.45) is -6.27. The van der Waals surface area contributed by atoms with Crippen LogP contribution in [0.5, 0.6) is 11.6 Å². The van der Waals surface area contributed by atoms with Gasteiger partial charge in [-0.2, -0.15) is 13.2 Å². The van der Waals surface area contributed by atoms with Crippen LogP contribution in [0, 0.1) is 0 Å². The van der Waals surface area contributed by atoms with Crippen LogP contribution in [0.15, 0.2) is 48.7 Å². The van der Waals surface area contributed by atoms with Gasteiger partial charge in [0.25, 0.3) is 5.91 Å². The molecule has 0 aliphatic carbocycles. The minimum absolute atomic E-state index is 0.00179. The maximum atomic E-state index is 13.4. The molecule has 3 heterocycles. The highest BCUT2D eigenvalue weighted by Gasteiger charge is 2.31. The van der Waals surface area contributed by atoms with Crippen molar-refractivity contribution in [3.63, 3.8) is 0 Å². The van der Waals surface area contributed by atoms with Gasteiger partial charge in [-0.05, 0) is 36.8 Å². The third-order valence-electron chi connectivity index (χ3n) is 4.95. The molecule has 0 radical (unpaired) electrons. The fourth-order valence-electron chi connectivity index (χ4n) is 3.26. The van der Waals surface area contributed by atoms with Crippen molar-refractivity contribution in [2.24, 2.45) is 0 Å². The number of benzene rings is 1. The van der Waals surface area contributed by atoms with Gasteiger partial charge in [0.05, 0.1) is 11.1 Å². The molecule has 2 atom stereocenters. The molecule has 1 amide bonds. The topological polar surface area (TPSA) is 75.5 Å². The zero-order chi connectivity index (χ0) is 22.2. The fourth-order valence-corrected chi connectivity index (χ4v) is 3.26. The van der Waals surface area contributed by atoms with Crippen LogP contribution in [0.25, 0.3) is 10.9 Å². The number of fused-ring (bicyclic) bond motifs is 1. The van der Waals surface area contributed by atoms with Gasteiger partial charge in [0.15, 0.2) is 0 Å². The van der Waals surface area contributed by atoms with Crippen LogP contribution in [0.1, 0.15) is 22.5 Å². The van der Waals surface area contributed by atoms with Crippen molar-refractivity contribution in [2.75, 3.05) is 13.1 Å². The van der Waals surface area contributed by atoms with Crippen molar-refractivity contribution in [1.29, 1.82) is 0 Å². The Labute approximate surface area is 174 Å². The molecule has 3 aromatic rings. The number of hydrogen-bond acceptors (Lipinski definition) is 5. The van der Waals surface area contributed by atoms with E-state index in [1.807, 2.05) is 0 Å². The van der Waals surface area contributed by atoms with Crippen LogP contribution in [-0.2, 0) is 6.18 Å². The lowest BCUT2D eigenvalue weighted by Crippen LogP contribution is -2.47. The Balaban J connectivity index is 1.50. The number of rotatable bonds is 3. The number of amides is 1. The number of alkyl halides is 4. The molecule has 2 aromatic heterocycles. The van der Waals surface area contributed by atoms with Crippen molar-refractivity contribution in [2.45, 2.75) is 24.9 Å². The molecule has 162 valence electrons.